The minimum absolute atomic E-state index is 0.219. The zero-order chi connectivity index (χ0) is 14.0. The number of nitrogens with two attached hydrogens (primary N) is 1. The molecule has 19 heavy (non-hydrogen) atoms. The van der Waals surface area contributed by atoms with Crippen molar-refractivity contribution in [2.75, 3.05) is 7.11 Å². The maximum absolute atomic E-state index is 13.7. The second-order valence-corrected chi connectivity index (χ2v) is 4.40. The predicted molar refractivity (Wildman–Crippen MR) is 71.6 cm³/mol. The molecule has 0 bridgehead atoms. The molecule has 4 nitrogen and oxygen atoms in total. The van der Waals surface area contributed by atoms with Gasteiger partial charge in [0.2, 0.25) is 0 Å². The Labute approximate surface area is 112 Å². The Hall–Kier alpha value is -1.88. The quantitative estimate of drug-likeness (QED) is 0.921. The van der Waals surface area contributed by atoms with Crippen molar-refractivity contribution in [2.24, 2.45) is 5.73 Å². The van der Waals surface area contributed by atoms with Gasteiger partial charge in [0, 0.05) is 6.54 Å². The lowest BCUT2D eigenvalue weighted by Gasteiger charge is -2.14. The number of halogens is 1. The number of aromatic nitrogens is 2. The molecule has 0 aliphatic carbocycles. The molecule has 1 heterocycles. The maximum Gasteiger partial charge on any atom is 0.165 e. The first-order valence-electron chi connectivity index (χ1n) is 6.20. The molecular weight excluding hydrogens is 245 g/mol. The Kier molecular flexibility index (Phi) is 3.85. The van der Waals surface area contributed by atoms with Crippen molar-refractivity contribution in [1.29, 1.82) is 0 Å². The summed E-state index contributed by atoms with van der Waals surface area (Å²) in [6.45, 7) is 4.64. The van der Waals surface area contributed by atoms with Gasteiger partial charge in [-0.05, 0) is 37.6 Å². The molecule has 0 aliphatic rings. The number of nitrogens with zero attached hydrogens (tertiary/aromatic N) is 2. The third-order valence-electron chi connectivity index (χ3n) is 3.09. The van der Waals surface area contributed by atoms with Gasteiger partial charge in [0.1, 0.15) is 0 Å². The van der Waals surface area contributed by atoms with Crippen molar-refractivity contribution in [1.82, 2.24) is 9.78 Å². The number of aryl methyl sites for hydroxylation is 2. The van der Waals surface area contributed by atoms with E-state index in [9.17, 15) is 4.39 Å². The van der Waals surface area contributed by atoms with Gasteiger partial charge < -0.3 is 10.5 Å². The van der Waals surface area contributed by atoms with Crippen molar-refractivity contribution >= 4 is 0 Å². The van der Waals surface area contributed by atoms with Crippen molar-refractivity contribution in [3.8, 4) is 5.75 Å². The van der Waals surface area contributed by atoms with Gasteiger partial charge in [-0.15, -0.1) is 0 Å². The van der Waals surface area contributed by atoms with Crippen LogP contribution in [0.2, 0.25) is 0 Å². The first-order valence-corrected chi connectivity index (χ1v) is 6.20. The number of ether oxygens (including phenoxy) is 1. The van der Waals surface area contributed by atoms with Gasteiger partial charge in [0.15, 0.2) is 11.6 Å². The average Bonchev–Trinajstić information content (AvgIpc) is 2.79. The largest absolute Gasteiger partial charge is 0.494 e. The van der Waals surface area contributed by atoms with Crippen LogP contribution in [0.4, 0.5) is 4.39 Å². The van der Waals surface area contributed by atoms with Gasteiger partial charge in [0.05, 0.1) is 24.5 Å². The highest BCUT2D eigenvalue weighted by molar-refractivity contribution is 5.34. The van der Waals surface area contributed by atoms with Crippen molar-refractivity contribution in [3.63, 3.8) is 0 Å². The number of benzene rings is 1. The Bertz CT molecular complexity index is 580. The smallest absolute Gasteiger partial charge is 0.165 e. The third-order valence-corrected chi connectivity index (χ3v) is 3.09. The van der Waals surface area contributed by atoms with Crippen LogP contribution in [-0.2, 0) is 6.54 Å². The highest BCUT2D eigenvalue weighted by Gasteiger charge is 2.16. The lowest BCUT2D eigenvalue weighted by Crippen LogP contribution is -2.17. The predicted octanol–water partition coefficient (Wildman–Crippen LogP) is 2.41. The summed E-state index contributed by atoms with van der Waals surface area (Å²) >= 11 is 0. The first-order chi connectivity index (χ1) is 9.06. The van der Waals surface area contributed by atoms with Crippen LogP contribution in [0.25, 0.3) is 0 Å². The summed E-state index contributed by atoms with van der Waals surface area (Å²) in [6, 6.07) is 6.29. The number of methoxy groups -OCH3 is 1. The molecule has 0 spiro atoms. The van der Waals surface area contributed by atoms with E-state index >= 15 is 0 Å². The molecule has 102 valence electrons. The molecule has 0 aliphatic heterocycles. The monoisotopic (exact) mass is 263 g/mol. The fraction of sp³-hybridized carbons (Fsp3) is 0.357. The first kappa shape index (κ1) is 13.5. The number of hydrogen-bond donors (Lipinski definition) is 1. The molecule has 0 fully saturated rings. The summed E-state index contributed by atoms with van der Waals surface area (Å²) in [6.07, 6.45) is 0. The van der Waals surface area contributed by atoms with E-state index in [1.807, 2.05) is 24.6 Å². The fourth-order valence-electron chi connectivity index (χ4n) is 2.12. The number of rotatable bonds is 4. The summed E-state index contributed by atoms with van der Waals surface area (Å²) < 4.78 is 20.4. The fourth-order valence-corrected chi connectivity index (χ4v) is 2.12. The minimum atomic E-state index is -0.408. The Morgan fingerprint density at radius 2 is 2.16 bits per heavy atom. The highest BCUT2D eigenvalue weighted by atomic mass is 19.1. The molecule has 2 rings (SSSR count). The second kappa shape index (κ2) is 5.40. The Balaban J connectivity index is 2.38. The molecule has 0 saturated carbocycles. The summed E-state index contributed by atoms with van der Waals surface area (Å²) in [7, 11) is 1.44. The number of hydrogen-bond acceptors (Lipinski definition) is 3. The Morgan fingerprint density at radius 3 is 2.74 bits per heavy atom. The van der Waals surface area contributed by atoms with Gasteiger partial charge in [0.25, 0.3) is 0 Å². The van der Waals surface area contributed by atoms with Gasteiger partial charge in [-0.1, -0.05) is 6.07 Å². The molecule has 0 saturated heterocycles. The second-order valence-electron chi connectivity index (χ2n) is 4.40. The van der Waals surface area contributed by atoms with Crippen molar-refractivity contribution in [2.45, 2.75) is 26.4 Å². The zero-order valence-electron chi connectivity index (χ0n) is 11.4. The molecule has 0 radical (unpaired) electrons. The van der Waals surface area contributed by atoms with E-state index in [2.05, 4.69) is 5.10 Å². The van der Waals surface area contributed by atoms with Crippen LogP contribution in [0.3, 0.4) is 0 Å². The van der Waals surface area contributed by atoms with Crippen LogP contribution in [-0.4, -0.2) is 16.9 Å². The normalized spacial score (nSPS) is 12.5. The van der Waals surface area contributed by atoms with Crippen LogP contribution >= 0.6 is 0 Å². The lowest BCUT2D eigenvalue weighted by molar-refractivity contribution is 0.386. The lowest BCUT2D eigenvalue weighted by atomic mass is 10.0. The van der Waals surface area contributed by atoms with E-state index < -0.39 is 11.9 Å². The molecule has 1 aromatic carbocycles. The van der Waals surface area contributed by atoms with Gasteiger partial charge in [-0.25, -0.2) is 4.39 Å². The van der Waals surface area contributed by atoms with Gasteiger partial charge in [-0.3, -0.25) is 4.68 Å². The van der Waals surface area contributed by atoms with Crippen molar-refractivity contribution < 1.29 is 9.13 Å². The highest BCUT2D eigenvalue weighted by Crippen LogP contribution is 2.25. The standard InChI is InChI=1S/C14H18FN3O/c1-4-18-12(7-9(2)17-18)14(16)10-5-6-13(19-3)11(15)8-10/h5-8,14H,4,16H2,1-3H3. The molecule has 0 amide bonds. The molecule has 1 unspecified atom stereocenters. The summed E-state index contributed by atoms with van der Waals surface area (Å²) in [4.78, 5) is 0. The van der Waals surface area contributed by atoms with E-state index in [0.29, 0.717) is 5.56 Å². The van der Waals surface area contributed by atoms with E-state index in [0.717, 1.165) is 17.9 Å². The van der Waals surface area contributed by atoms with Gasteiger partial charge >= 0.3 is 0 Å². The summed E-state index contributed by atoms with van der Waals surface area (Å²) in [5.41, 5.74) is 8.68. The van der Waals surface area contributed by atoms with E-state index in [1.165, 1.54) is 13.2 Å². The topological polar surface area (TPSA) is 53.1 Å². The molecular formula is C14H18FN3O. The van der Waals surface area contributed by atoms with Crippen LogP contribution in [0.1, 0.15) is 29.9 Å². The van der Waals surface area contributed by atoms with E-state index in [4.69, 9.17) is 10.5 Å². The minimum Gasteiger partial charge on any atom is -0.494 e. The summed E-state index contributed by atoms with van der Waals surface area (Å²) in [5.74, 6) is -0.189. The van der Waals surface area contributed by atoms with Gasteiger partial charge in [-0.2, -0.15) is 5.10 Å². The molecule has 1 aromatic heterocycles. The Morgan fingerprint density at radius 1 is 1.42 bits per heavy atom. The van der Waals surface area contributed by atoms with Crippen LogP contribution in [0.5, 0.6) is 5.75 Å². The summed E-state index contributed by atoms with van der Waals surface area (Å²) in [5, 5.41) is 4.35. The molecule has 2 aromatic rings. The van der Waals surface area contributed by atoms with E-state index in [1.54, 1.807) is 12.1 Å². The van der Waals surface area contributed by atoms with Crippen LogP contribution in [0, 0.1) is 12.7 Å². The zero-order valence-corrected chi connectivity index (χ0v) is 11.4. The molecule has 5 heteroatoms. The third kappa shape index (κ3) is 2.61. The van der Waals surface area contributed by atoms with Crippen molar-refractivity contribution in [3.05, 3.63) is 47.0 Å². The molecule has 1 atom stereocenters. The SMILES string of the molecule is CCn1nc(C)cc1C(N)c1ccc(OC)c(F)c1. The van der Waals surface area contributed by atoms with Crippen LogP contribution < -0.4 is 10.5 Å². The maximum atomic E-state index is 13.7. The van der Waals surface area contributed by atoms with Crippen LogP contribution in [0.15, 0.2) is 24.3 Å². The molecule has 2 N–H and O–H groups in total. The van der Waals surface area contributed by atoms with E-state index in [-0.39, 0.29) is 5.75 Å². The average molecular weight is 263 g/mol.